The van der Waals surface area contributed by atoms with E-state index in [9.17, 15) is 23.8 Å². The van der Waals surface area contributed by atoms with Crippen LogP contribution in [0.3, 0.4) is 0 Å². The van der Waals surface area contributed by atoms with Gasteiger partial charge in [0.15, 0.2) is 0 Å². The Kier molecular flexibility index (Phi) is 5.36. The second-order valence-electron chi connectivity index (χ2n) is 6.73. The molecule has 1 aliphatic rings. The maximum absolute atomic E-state index is 13.0. The van der Waals surface area contributed by atoms with Crippen LogP contribution in [0.15, 0.2) is 41.3 Å². The van der Waals surface area contributed by atoms with Crippen LogP contribution in [0.25, 0.3) is 0 Å². The van der Waals surface area contributed by atoms with Crippen LogP contribution < -0.4 is 4.90 Å². The van der Waals surface area contributed by atoms with Crippen LogP contribution in [0, 0.1) is 35.3 Å². The van der Waals surface area contributed by atoms with Crippen molar-refractivity contribution in [2.45, 2.75) is 18.7 Å². The van der Waals surface area contributed by atoms with Gasteiger partial charge in [0.2, 0.25) is 10.0 Å². The molecule has 28 heavy (non-hydrogen) atoms. The number of anilines is 1. The van der Waals surface area contributed by atoms with E-state index >= 15 is 0 Å². The highest BCUT2D eigenvalue weighted by molar-refractivity contribution is 7.89. The van der Waals surface area contributed by atoms with Gasteiger partial charge < -0.3 is 4.90 Å². The number of piperazine rings is 1. The molecule has 0 N–H and O–H groups in total. The van der Waals surface area contributed by atoms with Gasteiger partial charge in [0.25, 0.3) is 5.69 Å². The van der Waals surface area contributed by atoms with Gasteiger partial charge in [0.05, 0.1) is 21.1 Å². The number of rotatable bonds is 4. The van der Waals surface area contributed by atoms with Crippen LogP contribution in [0.1, 0.15) is 16.7 Å². The number of hydrogen-bond acceptors (Lipinski definition) is 6. The van der Waals surface area contributed by atoms with Crippen LogP contribution in [0.5, 0.6) is 0 Å². The van der Waals surface area contributed by atoms with Gasteiger partial charge in [-0.1, -0.05) is 12.1 Å². The molecule has 0 atom stereocenters. The summed E-state index contributed by atoms with van der Waals surface area (Å²) in [5, 5.41) is 20.2. The monoisotopic (exact) mass is 400 g/mol. The maximum atomic E-state index is 13.0. The van der Waals surface area contributed by atoms with E-state index in [2.05, 4.69) is 0 Å². The second kappa shape index (κ2) is 7.58. The van der Waals surface area contributed by atoms with E-state index in [0.717, 1.165) is 5.56 Å². The van der Waals surface area contributed by atoms with Gasteiger partial charge in [-0.2, -0.15) is 9.57 Å². The summed E-state index contributed by atoms with van der Waals surface area (Å²) in [7, 11) is -3.60. The number of benzene rings is 2. The SMILES string of the molecule is Cc1ccc(C)c(S(=O)(=O)N2CCN(c3ccc([N+](=O)[O-])cc3C#N)CC2)c1. The predicted octanol–water partition coefficient (Wildman–Crippen LogP) is 2.59. The Labute approximate surface area is 163 Å². The van der Waals surface area contributed by atoms with E-state index < -0.39 is 14.9 Å². The average Bonchev–Trinajstić information content (AvgIpc) is 2.69. The highest BCUT2D eigenvalue weighted by Crippen LogP contribution is 2.28. The van der Waals surface area contributed by atoms with Crippen molar-refractivity contribution in [3.05, 3.63) is 63.2 Å². The molecular weight excluding hydrogens is 380 g/mol. The van der Waals surface area contributed by atoms with Gasteiger partial charge in [-0.05, 0) is 37.1 Å². The van der Waals surface area contributed by atoms with Crippen LogP contribution >= 0.6 is 0 Å². The van der Waals surface area contributed by atoms with E-state index in [4.69, 9.17) is 0 Å². The molecule has 3 rings (SSSR count). The number of hydrogen-bond donors (Lipinski definition) is 0. The van der Waals surface area contributed by atoms with Crippen LogP contribution in [-0.4, -0.2) is 43.8 Å². The molecule has 0 aromatic heterocycles. The lowest BCUT2D eigenvalue weighted by atomic mass is 10.1. The minimum absolute atomic E-state index is 0.142. The van der Waals surface area contributed by atoms with Crippen molar-refractivity contribution in [2.75, 3.05) is 31.1 Å². The number of nitrogens with zero attached hydrogens (tertiary/aromatic N) is 4. The number of non-ortho nitro benzene ring substituents is 1. The first-order chi connectivity index (χ1) is 13.2. The van der Waals surface area contributed by atoms with E-state index in [1.165, 1.54) is 16.4 Å². The van der Waals surface area contributed by atoms with Gasteiger partial charge in [0.1, 0.15) is 6.07 Å². The van der Waals surface area contributed by atoms with Gasteiger partial charge >= 0.3 is 0 Å². The predicted molar refractivity (Wildman–Crippen MR) is 105 cm³/mol. The molecule has 1 fully saturated rings. The molecule has 1 aliphatic heterocycles. The molecule has 9 heteroatoms. The molecule has 0 saturated carbocycles. The molecule has 0 radical (unpaired) electrons. The molecule has 1 saturated heterocycles. The standard InChI is InChI=1S/C19H20N4O4S/c1-14-3-4-15(2)19(11-14)28(26,27)22-9-7-21(8-10-22)18-6-5-17(23(24)25)12-16(18)13-20/h3-6,11-12H,7-10H2,1-2H3. The molecule has 1 heterocycles. The molecule has 0 amide bonds. The molecule has 8 nitrogen and oxygen atoms in total. The Morgan fingerprint density at radius 3 is 2.36 bits per heavy atom. The summed E-state index contributed by atoms with van der Waals surface area (Å²) in [6.45, 7) is 4.98. The topological polar surface area (TPSA) is 108 Å². The minimum atomic E-state index is -3.60. The first kappa shape index (κ1) is 19.8. The van der Waals surface area contributed by atoms with Crippen molar-refractivity contribution in [3.8, 4) is 6.07 Å². The smallest absolute Gasteiger partial charge is 0.270 e. The Morgan fingerprint density at radius 2 is 1.75 bits per heavy atom. The molecular formula is C19H20N4O4S. The van der Waals surface area contributed by atoms with Crippen molar-refractivity contribution in [3.63, 3.8) is 0 Å². The zero-order valence-corrected chi connectivity index (χ0v) is 16.4. The molecule has 0 aliphatic carbocycles. The Bertz CT molecular complexity index is 1070. The highest BCUT2D eigenvalue weighted by Gasteiger charge is 2.30. The molecule has 146 valence electrons. The van der Waals surface area contributed by atoms with Crippen LogP contribution in [0.2, 0.25) is 0 Å². The zero-order chi connectivity index (χ0) is 20.5. The first-order valence-corrected chi connectivity index (χ1v) is 10.2. The van der Waals surface area contributed by atoms with E-state index in [1.54, 1.807) is 25.1 Å². The lowest BCUT2D eigenvalue weighted by Crippen LogP contribution is -2.49. The summed E-state index contributed by atoms with van der Waals surface area (Å²) in [5.41, 5.74) is 2.23. The minimum Gasteiger partial charge on any atom is -0.368 e. The lowest BCUT2D eigenvalue weighted by molar-refractivity contribution is -0.384. The number of nitro groups is 1. The summed E-state index contributed by atoms with van der Waals surface area (Å²) in [6.07, 6.45) is 0. The maximum Gasteiger partial charge on any atom is 0.270 e. The average molecular weight is 400 g/mol. The fourth-order valence-corrected chi connectivity index (χ4v) is 5.03. The summed E-state index contributed by atoms with van der Waals surface area (Å²) in [6, 6.07) is 11.5. The van der Waals surface area contributed by atoms with Crippen LogP contribution in [0.4, 0.5) is 11.4 Å². The molecule has 0 spiro atoms. The third kappa shape index (κ3) is 3.69. The fraction of sp³-hybridized carbons (Fsp3) is 0.316. The van der Waals surface area contributed by atoms with Gasteiger partial charge in [-0.15, -0.1) is 0 Å². The van der Waals surface area contributed by atoms with Crippen molar-refractivity contribution in [2.24, 2.45) is 0 Å². The zero-order valence-electron chi connectivity index (χ0n) is 15.6. The van der Waals surface area contributed by atoms with Crippen molar-refractivity contribution >= 4 is 21.4 Å². The van der Waals surface area contributed by atoms with Crippen molar-refractivity contribution in [1.82, 2.24) is 4.31 Å². The normalized spacial score (nSPS) is 15.2. The van der Waals surface area contributed by atoms with E-state index in [-0.39, 0.29) is 24.3 Å². The Balaban J connectivity index is 1.81. The summed E-state index contributed by atoms with van der Waals surface area (Å²) in [4.78, 5) is 12.6. The Hall–Kier alpha value is -2.96. The molecule has 2 aromatic rings. The third-order valence-corrected chi connectivity index (χ3v) is 6.89. The summed E-state index contributed by atoms with van der Waals surface area (Å²) in [5.74, 6) is 0. The number of nitro benzene ring substituents is 1. The Morgan fingerprint density at radius 1 is 1.07 bits per heavy atom. The lowest BCUT2D eigenvalue weighted by Gasteiger charge is -2.36. The third-order valence-electron chi connectivity index (χ3n) is 4.85. The molecule has 2 aromatic carbocycles. The second-order valence-corrected chi connectivity index (χ2v) is 8.64. The highest BCUT2D eigenvalue weighted by atomic mass is 32.2. The van der Waals surface area contributed by atoms with Gasteiger partial charge in [-0.3, -0.25) is 10.1 Å². The largest absolute Gasteiger partial charge is 0.368 e. The number of sulfonamides is 1. The van der Waals surface area contributed by atoms with Crippen LogP contribution in [-0.2, 0) is 10.0 Å². The first-order valence-electron chi connectivity index (χ1n) is 8.75. The van der Waals surface area contributed by atoms with Crippen molar-refractivity contribution in [1.29, 1.82) is 5.26 Å². The van der Waals surface area contributed by atoms with E-state index in [0.29, 0.717) is 29.2 Å². The molecule has 0 bridgehead atoms. The van der Waals surface area contributed by atoms with Gasteiger partial charge in [0, 0.05) is 38.3 Å². The molecule has 0 unspecified atom stereocenters. The van der Waals surface area contributed by atoms with Gasteiger partial charge in [-0.25, -0.2) is 8.42 Å². The quantitative estimate of drug-likeness (QED) is 0.577. The number of aryl methyl sites for hydroxylation is 2. The van der Waals surface area contributed by atoms with E-state index in [1.807, 2.05) is 24.0 Å². The summed E-state index contributed by atoms with van der Waals surface area (Å²) >= 11 is 0. The van der Waals surface area contributed by atoms with Crippen molar-refractivity contribution < 1.29 is 13.3 Å². The number of nitriles is 1. The summed E-state index contributed by atoms with van der Waals surface area (Å²) < 4.78 is 27.5. The fourth-order valence-electron chi connectivity index (χ4n) is 3.30.